The number of aromatic carboxylic acids is 1. The van der Waals surface area contributed by atoms with E-state index in [1.165, 1.54) is 12.3 Å². The Bertz CT molecular complexity index is 766. The van der Waals surface area contributed by atoms with Crippen LogP contribution in [0.5, 0.6) is 0 Å². The van der Waals surface area contributed by atoms with E-state index in [4.69, 9.17) is 5.11 Å². The average molecular weight is 312 g/mol. The number of sulfonamides is 1. The number of hydrogen-bond donors (Lipinski definition) is 2. The van der Waals surface area contributed by atoms with Crippen LogP contribution >= 0.6 is 11.3 Å². The number of rotatable bonds is 4. The Morgan fingerprint density at radius 2 is 2.10 bits per heavy atom. The lowest BCUT2D eigenvalue weighted by molar-refractivity contribution is 0.0702. The van der Waals surface area contributed by atoms with Crippen LogP contribution in [0.2, 0.25) is 0 Å². The summed E-state index contributed by atoms with van der Waals surface area (Å²) in [6.45, 7) is 3.30. The van der Waals surface area contributed by atoms with Crippen molar-refractivity contribution in [3.8, 4) is 0 Å². The zero-order valence-corrected chi connectivity index (χ0v) is 12.4. The third-order valence-electron chi connectivity index (χ3n) is 2.64. The minimum Gasteiger partial charge on any atom is -0.477 e. The summed E-state index contributed by atoms with van der Waals surface area (Å²) >= 11 is 0.933. The quantitative estimate of drug-likeness (QED) is 0.902. The van der Waals surface area contributed by atoms with Crippen LogP contribution in [0.25, 0.3) is 0 Å². The number of hydrogen-bond acceptors (Lipinski definition) is 5. The van der Waals surface area contributed by atoms with Gasteiger partial charge in [-0.25, -0.2) is 13.2 Å². The van der Waals surface area contributed by atoms with E-state index in [1.807, 2.05) is 0 Å². The van der Waals surface area contributed by atoms with Crippen molar-refractivity contribution < 1.29 is 18.3 Å². The molecule has 2 aromatic rings. The van der Waals surface area contributed by atoms with Gasteiger partial charge < -0.3 is 5.11 Å². The molecule has 0 aliphatic heterocycles. The fraction of sp³-hybridized carbons (Fsp3) is 0.167. The number of carboxylic acids is 1. The molecule has 6 nitrogen and oxygen atoms in total. The van der Waals surface area contributed by atoms with Crippen molar-refractivity contribution in [1.29, 1.82) is 0 Å². The second-order valence-electron chi connectivity index (χ2n) is 4.13. The van der Waals surface area contributed by atoms with Crippen molar-refractivity contribution in [3.63, 3.8) is 0 Å². The van der Waals surface area contributed by atoms with Gasteiger partial charge in [-0.05, 0) is 31.5 Å². The highest BCUT2D eigenvalue weighted by Crippen LogP contribution is 2.28. The summed E-state index contributed by atoms with van der Waals surface area (Å²) in [5.74, 6) is -1.14. The summed E-state index contributed by atoms with van der Waals surface area (Å²) in [6, 6.07) is 2.72. The molecule has 0 fully saturated rings. The molecule has 2 aromatic heterocycles. The second kappa shape index (κ2) is 5.22. The summed E-state index contributed by atoms with van der Waals surface area (Å²) in [5, 5.41) is 8.91. The van der Waals surface area contributed by atoms with Crippen LogP contribution in [0, 0.1) is 13.8 Å². The smallest absolute Gasteiger partial charge is 0.345 e. The molecule has 0 radical (unpaired) electrons. The predicted octanol–water partition coefficient (Wildman–Crippen LogP) is 2.26. The molecule has 20 heavy (non-hydrogen) atoms. The van der Waals surface area contributed by atoms with E-state index in [-0.39, 0.29) is 9.77 Å². The number of carboxylic acid groups (broad SMARTS) is 1. The number of thiophene rings is 1. The molecule has 2 N–H and O–H groups in total. The summed E-state index contributed by atoms with van der Waals surface area (Å²) in [6.07, 6.45) is 3.02. The number of nitrogens with one attached hydrogen (secondary N) is 1. The largest absolute Gasteiger partial charge is 0.477 e. The molecule has 0 amide bonds. The minimum atomic E-state index is -3.81. The maximum absolute atomic E-state index is 12.3. The third kappa shape index (κ3) is 2.81. The van der Waals surface area contributed by atoms with Gasteiger partial charge >= 0.3 is 5.97 Å². The normalized spacial score (nSPS) is 11.3. The summed E-state index contributed by atoms with van der Waals surface area (Å²) in [7, 11) is -3.81. The number of carbonyl (C=O) groups is 1. The van der Waals surface area contributed by atoms with E-state index in [1.54, 1.807) is 26.1 Å². The first kappa shape index (κ1) is 14.5. The Labute approximate surface area is 120 Å². The lowest BCUT2D eigenvalue weighted by Gasteiger charge is -2.09. The van der Waals surface area contributed by atoms with Crippen LogP contribution in [0.4, 0.5) is 5.69 Å². The van der Waals surface area contributed by atoms with Gasteiger partial charge in [0.1, 0.15) is 9.77 Å². The van der Waals surface area contributed by atoms with Gasteiger partial charge in [-0.1, -0.05) is 0 Å². The highest BCUT2D eigenvalue weighted by Gasteiger charge is 2.22. The molecule has 2 heterocycles. The fourth-order valence-electron chi connectivity index (χ4n) is 1.63. The highest BCUT2D eigenvalue weighted by atomic mass is 32.2. The molecule has 0 unspecified atom stereocenters. The molecule has 8 heteroatoms. The second-order valence-corrected chi connectivity index (χ2v) is 7.04. The minimum absolute atomic E-state index is 0.00525. The Hall–Kier alpha value is -1.93. The number of pyridine rings is 1. The van der Waals surface area contributed by atoms with E-state index in [0.717, 1.165) is 11.3 Å². The summed E-state index contributed by atoms with van der Waals surface area (Å²) < 4.78 is 27.0. The molecule has 0 aromatic carbocycles. The monoisotopic (exact) mass is 312 g/mol. The van der Waals surface area contributed by atoms with E-state index >= 15 is 0 Å². The van der Waals surface area contributed by atoms with Gasteiger partial charge in [0.25, 0.3) is 10.0 Å². The molecule has 0 aliphatic rings. The molecule has 0 bridgehead atoms. The van der Waals surface area contributed by atoms with Gasteiger partial charge in [0.15, 0.2) is 0 Å². The topological polar surface area (TPSA) is 96.4 Å². The fourth-order valence-corrected chi connectivity index (χ4v) is 4.19. The van der Waals surface area contributed by atoms with Crippen molar-refractivity contribution >= 4 is 33.0 Å². The average Bonchev–Trinajstić information content (AvgIpc) is 2.75. The van der Waals surface area contributed by atoms with E-state index in [9.17, 15) is 13.2 Å². The van der Waals surface area contributed by atoms with E-state index < -0.39 is 16.0 Å². The lowest BCUT2D eigenvalue weighted by atomic mass is 10.3. The Kier molecular flexibility index (Phi) is 3.78. The molecule has 0 saturated carbocycles. The van der Waals surface area contributed by atoms with Gasteiger partial charge in [-0.15, -0.1) is 11.3 Å². The maximum atomic E-state index is 12.3. The van der Waals surface area contributed by atoms with Crippen molar-refractivity contribution in [1.82, 2.24) is 4.98 Å². The SMILES string of the molecule is Cc1cnccc1NS(=O)(=O)c1cc(C(=O)O)sc1C. The predicted molar refractivity (Wildman–Crippen MR) is 75.8 cm³/mol. The molecule has 0 atom stereocenters. The van der Waals surface area contributed by atoms with Crippen LogP contribution in [0.3, 0.4) is 0 Å². The zero-order chi connectivity index (χ0) is 14.9. The van der Waals surface area contributed by atoms with Crippen LogP contribution in [-0.2, 0) is 10.0 Å². The van der Waals surface area contributed by atoms with Crippen molar-refractivity contribution in [2.75, 3.05) is 4.72 Å². The number of anilines is 1. The van der Waals surface area contributed by atoms with Gasteiger partial charge in [0.05, 0.1) is 5.69 Å². The number of nitrogens with zero attached hydrogens (tertiary/aromatic N) is 1. The van der Waals surface area contributed by atoms with E-state index in [0.29, 0.717) is 16.1 Å². The van der Waals surface area contributed by atoms with Crippen molar-refractivity contribution in [2.24, 2.45) is 0 Å². The first-order chi connectivity index (χ1) is 9.31. The van der Waals surface area contributed by atoms with Gasteiger partial charge in [-0.2, -0.15) is 0 Å². The van der Waals surface area contributed by atoms with Gasteiger partial charge in [-0.3, -0.25) is 9.71 Å². The summed E-state index contributed by atoms with van der Waals surface area (Å²) in [5.41, 5.74) is 1.10. The summed E-state index contributed by atoms with van der Waals surface area (Å²) in [4.78, 5) is 15.2. The maximum Gasteiger partial charge on any atom is 0.345 e. The van der Waals surface area contributed by atoms with Crippen molar-refractivity contribution in [3.05, 3.63) is 39.8 Å². The Morgan fingerprint density at radius 3 is 2.65 bits per heavy atom. The number of aromatic nitrogens is 1. The molecular formula is C12H12N2O4S2. The first-order valence-corrected chi connectivity index (χ1v) is 7.88. The molecule has 2 rings (SSSR count). The third-order valence-corrected chi connectivity index (χ3v) is 5.30. The Morgan fingerprint density at radius 1 is 1.40 bits per heavy atom. The molecule has 0 saturated heterocycles. The highest BCUT2D eigenvalue weighted by molar-refractivity contribution is 7.93. The molecule has 0 aliphatic carbocycles. The van der Waals surface area contributed by atoms with Gasteiger partial charge in [0, 0.05) is 17.3 Å². The standard InChI is InChI=1S/C12H12N2O4S2/c1-7-6-13-4-3-9(7)14-20(17,18)11-5-10(12(15)16)19-8(11)2/h3-6H,1-2H3,(H,13,14)(H,15,16). The lowest BCUT2D eigenvalue weighted by Crippen LogP contribution is -2.14. The van der Waals surface area contributed by atoms with Gasteiger partial charge in [0.2, 0.25) is 0 Å². The molecule has 106 valence electrons. The van der Waals surface area contributed by atoms with Crippen LogP contribution in [-0.4, -0.2) is 24.5 Å². The number of aryl methyl sites for hydroxylation is 2. The molecular weight excluding hydrogens is 300 g/mol. The van der Waals surface area contributed by atoms with Crippen LogP contribution in [0.1, 0.15) is 20.1 Å². The first-order valence-electron chi connectivity index (χ1n) is 5.58. The molecule has 0 spiro atoms. The Balaban J connectivity index is 2.41. The van der Waals surface area contributed by atoms with Crippen molar-refractivity contribution in [2.45, 2.75) is 18.7 Å². The van der Waals surface area contributed by atoms with Crippen LogP contribution < -0.4 is 4.72 Å². The zero-order valence-electron chi connectivity index (χ0n) is 10.7. The van der Waals surface area contributed by atoms with Crippen LogP contribution in [0.15, 0.2) is 29.4 Å². The van der Waals surface area contributed by atoms with E-state index in [2.05, 4.69) is 9.71 Å².